The van der Waals surface area contributed by atoms with Crippen LogP contribution in [0.25, 0.3) is 10.8 Å². The normalized spacial score (nSPS) is 11.6. The minimum Gasteiger partial charge on any atom is -0.258 e. The van der Waals surface area contributed by atoms with Crippen molar-refractivity contribution in [1.29, 1.82) is 0 Å². The summed E-state index contributed by atoms with van der Waals surface area (Å²) in [5.74, 6) is 0. The number of benzene rings is 3. The molecule has 0 aliphatic heterocycles. The molecule has 0 atom stereocenters. The number of nitrogens with zero attached hydrogens (tertiary/aromatic N) is 1. The molecule has 25 heavy (non-hydrogen) atoms. The zero-order valence-electron chi connectivity index (χ0n) is 13.5. The predicted molar refractivity (Wildman–Crippen MR) is 95.8 cm³/mol. The number of nitro benzene ring substituents is 1. The van der Waals surface area contributed by atoms with Gasteiger partial charge in [0.1, 0.15) is 0 Å². The Morgan fingerprint density at radius 3 is 2.52 bits per heavy atom. The average Bonchev–Trinajstić information content (AvgIpc) is 2.60. The van der Waals surface area contributed by atoms with Gasteiger partial charge >= 0.3 is 0 Å². The molecule has 7 heteroatoms. The van der Waals surface area contributed by atoms with Gasteiger partial charge in [-0.1, -0.05) is 48.5 Å². The highest BCUT2D eigenvalue weighted by molar-refractivity contribution is 7.89. The van der Waals surface area contributed by atoms with Gasteiger partial charge in [0.05, 0.1) is 9.82 Å². The fourth-order valence-electron chi connectivity index (χ4n) is 2.69. The number of sulfonamides is 1. The molecule has 0 amide bonds. The van der Waals surface area contributed by atoms with Crippen LogP contribution in [-0.2, 0) is 16.6 Å². The predicted octanol–water partition coefficient (Wildman–Crippen LogP) is 3.53. The van der Waals surface area contributed by atoms with Gasteiger partial charge in [-0.3, -0.25) is 10.1 Å². The molecular formula is C18H16N2O4S. The van der Waals surface area contributed by atoms with E-state index in [1.165, 1.54) is 12.1 Å². The molecule has 0 aromatic heterocycles. The van der Waals surface area contributed by atoms with Gasteiger partial charge in [0.25, 0.3) is 5.69 Å². The van der Waals surface area contributed by atoms with Crippen LogP contribution in [0.1, 0.15) is 11.1 Å². The van der Waals surface area contributed by atoms with Gasteiger partial charge in [-0.05, 0) is 28.8 Å². The third kappa shape index (κ3) is 3.52. The van der Waals surface area contributed by atoms with Crippen molar-refractivity contribution in [3.05, 3.63) is 81.9 Å². The maximum absolute atomic E-state index is 12.6. The molecule has 0 saturated heterocycles. The maximum atomic E-state index is 12.6. The van der Waals surface area contributed by atoms with Gasteiger partial charge in [-0.15, -0.1) is 0 Å². The van der Waals surface area contributed by atoms with Crippen molar-refractivity contribution in [3.8, 4) is 0 Å². The third-order valence-corrected chi connectivity index (χ3v) is 5.55. The van der Waals surface area contributed by atoms with Crippen LogP contribution < -0.4 is 4.72 Å². The molecule has 0 saturated carbocycles. The number of hydrogen-bond acceptors (Lipinski definition) is 4. The van der Waals surface area contributed by atoms with Gasteiger partial charge < -0.3 is 0 Å². The van der Waals surface area contributed by atoms with E-state index < -0.39 is 14.9 Å². The van der Waals surface area contributed by atoms with Gasteiger partial charge in [-0.25, -0.2) is 13.1 Å². The summed E-state index contributed by atoms with van der Waals surface area (Å²) >= 11 is 0. The molecule has 0 spiro atoms. The highest BCUT2D eigenvalue weighted by Crippen LogP contribution is 2.23. The van der Waals surface area contributed by atoms with Crippen LogP contribution in [0.5, 0.6) is 0 Å². The number of nitrogens with one attached hydrogen (secondary N) is 1. The number of aryl methyl sites for hydroxylation is 1. The first-order chi connectivity index (χ1) is 11.9. The number of non-ortho nitro benzene ring substituents is 1. The second kappa shape index (κ2) is 6.62. The van der Waals surface area contributed by atoms with Crippen molar-refractivity contribution in [3.63, 3.8) is 0 Å². The van der Waals surface area contributed by atoms with Gasteiger partial charge in [0.15, 0.2) is 0 Å². The third-order valence-electron chi connectivity index (χ3n) is 4.00. The van der Waals surface area contributed by atoms with E-state index in [4.69, 9.17) is 0 Å². The molecule has 0 aliphatic carbocycles. The number of rotatable bonds is 5. The van der Waals surface area contributed by atoms with E-state index in [2.05, 4.69) is 4.72 Å². The molecule has 3 aromatic carbocycles. The van der Waals surface area contributed by atoms with E-state index in [-0.39, 0.29) is 17.1 Å². The van der Waals surface area contributed by atoms with Crippen LogP contribution in [0.4, 0.5) is 5.69 Å². The van der Waals surface area contributed by atoms with Crippen LogP contribution in [-0.4, -0.2) is 13.3 Å². The Labute approximate surface area is 145 Å². The molecule has 0 radical (unpaired) electrons. The molecule has 0 unspecified atom stereocenters. The van der Waals surface area contributed by atoms with Crippen molar-refractivity contribution >= 4 is 26.5 Å². The standard InChI is InChI=1S/C18H16N2O4S/c1-13-9-10-16(20(21)22)11-18(13)25(23,24)19-12-15-7-4-6-14-5-2-3-8-17(14)15/h2-11,19H,12H2,1H3. The summed E-state index contributed by atoms with van der Waals surface area (Å²) in [4.78, 5) is 10.2. The molecule has 6 nitrogen and oxygen atoms in total. The lowest BCUT2D eigenvalue weighted by molar-refractivity contribution is -0.385. The summed E-state index contributed by atoms with van der Waals surface area (Å²) in [6.07, 6.45) is 0. The summed E-state index contributed by atoms with van der Waals surface area (Å²) in [6, 6.07) is 17.2. The maximum Gasteiger partial charge on any atom is 0.270 e. The first-order valence-corrected chi connectivity index (χ1v) is 9.08. The first-order valence-electron chi connectivity index (χ1n) is 7.60. The van der Waals surface area contributed by atoms with Crippen molar-refractivity contribution in [1.82, 2.24) is 4.72 Å². The number of nitro groups is 1. The second-order valence-corrected chi connectivity index (χ2v) is 7.41. The fraction of sp³-hybridized carbons (Fsp3) is 0.111. The molecule has 0 fully saturated rings. The molecule has 3 rings (SSSR count). The zero-order valence-corrected chi connectivity index (χ0v) is 14.3. The lowest BCUT2D eigenvalue weighted by Gasteiger charge is -2.11. The lowest BCUT2D eigenvalue weighted by atomic mass is 10.1. The minimum absolute atomic E-state index is 0.0815. The molecule has 0 bridgehead atoms. The summed E-state index contributed by atoms with van der Waals surface area (Å²) in [6.45, 7) is 1.71. The quantitative estimate of drug-likeness (QED) is 0.559. The highest BCUT2D eigenvalue weighted by Gasteiger charge is 2.20. The van der Waals surface area contributed by atoms with Gasteiger partial charge in [0.2, 0.25) is 10.0 Å². The van der Waals surface area contributed by atoms with Crippen LogP contribution in [0.3, 0.4) is 0 Å². The molecule has 1 N–H and O–H groups in total. The lowest BCUT2D eigenvalue weighted by Crippen LogP contribution is -2.24. The van der Waals surface area contributed by atoms with Crippen LogP contribution in [0.2, 0.25) is 0 Å². The molecule has 0 heterocycles. The summed E-state index contributed by atoms with van der Waals surface area (Å²) in [5.41, 5.74) is 1.04. The van der Waals surface area contributed by atoms with Crippen molar-refractivity contribution in [2.45, 2.75) is 18.4 Å². The van der Waals surface area contributed by atoms with Crippen molar-refractivity contribution in [2.24, 2.45) is 0 Å². The summed E-state index contributed by atoms with van der Waals surface area (Å²) < 4.78 is 27.7. The van der Waals surface area contributed by atoms with E-state index in [9.17, 15) is 18.5 Å². The number of hydrogen-bond donors (Lipinski definition) is 1. The van der Waals surface area contributed by atoms with Crippen LogP contribution in [0, 0.1) is 17.0 Å². The topological polar surface area (TPSA) is 89.3 Å². The average molecular weight is 356 g/mol. The first kappa shape index (κ1) is 17.1. The fourth-order valence-corrected chi connectivity index (χ4v) is 3.96. The smallest absolute Gasteiger partial charge is 0.258 e. The largest absolute Gasteiger partial charge is 0.270 e. The van der Waals surface area contributed by atoms with E-state index >= 15 is 0 Å². The Bertz CT molecular complexity index is 1060. The van der Waals surface area contributed by atoms with Gasteiger partial charge in [0, 0.05) is 18.7 Å². The number of fused-ring (bicyclic) bond motifs is 1. The summed E-state index contributed by atoms with van der Waals surface area (Å²) in [5, 5.41) is 12.9. The monoisotopic (exact) mass is 356 g/mol. The van der Waals surface area contributed by atoms with E-state index in [0.717, 1.165) is 22.4 Å². The second-order valence-electron chi connectivity index (χ2n) is 5.67. The van der Waals surface area contributed by atoms with E-state index in [0.29, 0.717) is 5.56 Å². The van der Waals surface area contributed by atoms with Crippen LogP contribution >= 0.6 is 0 Å². The van der Waals surface area contributed by atoms with E-state index in [1.54, 1.807) is 6.92 Å². The van der Waals surface area contributed by atoms with Crippen molar-refractivity contribution < 1.29 is 13.3 Å². The zero-order chi connectivity index (χ0) is 18.0. The van der Waals surface area contributed by atoms with E-state index in [1.807, 2.05) is 42.5 Å². The highest BCUT2D eigenvalue weighted by atomic mass is 32.2. The SMILES string of the molecule is Cc1ccc([N+](=O)[O-])cc1S(=O)(=O)NCc1cccc2ccccc12. The Hall–Kier alpha value is -2.77. The molecular weight excluding hydrogens is 340 g/mol. The van der Waals surface area contributed by atoms with Crippen molar-refractivity contribution in [2.75, 3.05) is 0 Å². The van der Waals surface area contributed by atoms with Gasteiger partial charge in [-0.2, -0.15) is 0 Å². The molecule has 3 aromatic rings. The minimum atomic E-state index is -3.87. The summed E-state index contributed by atoms with van der Waals surface area (Å²) in [7, 11) is -3.87. The Balaban J connectivity index is 1.92. The molecule has 128 valence electrons. The molecule has 0 aliphatic rings. The Morgan fingerprint density at radius 2 is 1.76 bits per heavy atom. The Kier molecular flexibility index (Phi) is 4.52. The van der Waals surface area contributed by atoms with Crippen LogP contribution in [0.15, 0.2) is 65.6 Å². The Morgan fingerprint density at radius 1 is 1.04 bits per heavy atom.